The molecule has 0 aliphatic heterocycles. The van der Waals surface area contributed by atoms with Gasteiger partial charge < -0.3 is 20.3 Å². The first kappa shape index (κ1) is 20.5. The lowest BCUT2D eigenvalue weighted by Crippen LogP contribution is -2.40. The maximum Gasteiger partial charge on any atom is 0.260 e. The molecule has 1 rings (SSSR count). The van der Waals surface area contributed by atoms with Crippen LogP contribution in [0.25, 0.3) is 0 Å². The first-order valence-electron chi connectivity index (χ1n) is 8.49. The van der Waals surface area contributed by atoms with E-state index in [0.29, 0.717) is 24.4 Å². The fourth-order valence-electron chi connectivity index (χ4n) is 1.93. The number of nitrogens with one attached hydrogen (secondary N) is 2. The number of likely N-dealkylation sites (N-methyl/N-ethyl adjacent to an activating group) is 1. The molecule has 0 heterocycles. The predicted molar refractivity (Wildman–Crippen MR) is 96.4 cm³/mol. The highest BCUT2D eigenvalue weighted by molar-refractivity contribution is 5.90. The standard InChI is InChI=1S/C18H27N3O4/c1-4-6-10-19-17(23)12-21(3)18(24)13-25-15-9-7-8-14(11-15)20-16(22)5-2/h7-9,11H,4-6,10,12-13H2,1-3H3,(H,19,23)(H,20,22). The number of carbonyl (C=O) groups excluding carboxylic acids is 3. The van der Waals surface area contributed by atoms with Crippen LogP contribution in [0.15, 0.2) is 24.3 Å². The monoisotopic (exact) mass is 349 g/mol. The van der Waals surface area contributed by atoms with Gasteiger partial charge in [0.2, 0.25) is 11.8 Å². The largest absolute Gasteiger partial charge is 0.484 e. The van der Waals surface area contributed by atoms with Crippen molar-refractivity contribution in [2.75, 3.05) is 32.1 Å². The smallest absolute Gasteiger partial charge is 0.260 e. The molecular weight excluding hydrogens is 322 g/mol. The van der Waals surface area contributed by atoms with Gasteiger partial charge in [-0.05, 0) is 18.6 Å². The molecule has 0 spiro atoms. The highest BCUT2D eigenvalue weighted by Gasteiger charge is 2.13. The van der Waals surface area contributed by atoms with Crippen molar-refractivity contribution < 1.29 is 19.1 Å². The summed E-state index contributed by atoms with van der Waals surface area (Å²) < 4.78 is 5.45. The van der Waals surface area contributed by atoms with E-state index in [0.717, 1.165) is 12.8 Å². The molecule has 3 amide bonds. The molecule has 0 aromatic heterocycles. The van der Waals surface area contributed by atoms with Crippen LogP contribution in [0.3, 0.4) is 0 Å². The summed E-state index contributed by atoms with van der Waals surface area (Å²) in [6.45, 7) is 4.25. The highest BCUT2D eigenvalue weighted by atomic mass is 16.5. The SMILES string of the molecule is CCCCNC(=O)CN(C)C(=O)COc1cccc(NC(=O)CC)c1. The van der Waals surface area contributed by atoms with Gasteiger partial charge in [0, 0.05) is 31.8 Å². The molecule has 0 aliphatic rings. The van der Waals surface area contributed by atoms with Crippen molar-refractivity contribution >= 4 is 23.4 Å². The molecule has 0 aliphatic carbocycles. The molecule has 0 saturated heterocycles. The van der Waals surface area contributed by atoms with Crippen molar-refractivity contribution in [3.8, 4) is 5.75 Å². The van der Waals surface area contributed by atoms with Crippen LogP contribution >= 0.6 is 0 Å². The third-order valence-electron chi connectivity index (χ3n) is 3.46. The van der Waals surface area contributed by atoms with E-state index in [9.17, 15) is 14.4 Å². The van der Waals surface area contributed by atoms with Crippen LogP contribution < -0.4 is 15.4 Å². The van der Waals surface area contributed by atoms with Gasteiger partial charge in [-0.25, -0.2) is 0 Å². The van der Waals surface area contributed by atoms with Crippen LogP contribution in [0.4, 0.5) is 5.69 Å². The fraction of sp³-hybridized carbons (Fsp3) is 0.500. The molecule has 25 heavy (non-hydrogen) atoms. The molecule has 7 heteroatoms. The first-order valence-corrected chi connectivity index (χ1v) is 8.49. The summed E-state index contributed by atoms with van der Waals surface area (Å²) in [4.78, 5) is 36.5. The number of benzene rings is 1. The van der Waals surface area contributed by atoms with Gasteiger partial charge in [-0.15, -0.1) is 0 Å². The van der Waals surface area contributed by atoms with E-state index in [4.69, 9.17) is 4.74 Å². The summed E-state index contributed by atoms with van der Waals surface area (Å²) in [6.07, 6.45) is 2.30. The molecule has 0 saturated carbocycles. The van der Waals surface area contributed by atoms with Gasteiger partial charge >= 0.3 is 0 Å². The Morgan fingerprint density at radius 3 is 2.60 bits per heavy atom. The minimum Gasteiger partial charge on any atom is -0.484 e. The molecule has 0 radical (unpaired) electrons. The fourth-order valence-corrected chi connectivity index (χ4v) is 1.93. The van der Waals surface area contributed by atoms with Gasteiger partial charge in [0.1, 0.15) is 5.75 Å². The summed E-state index contributed by atoms with van der Waals surface area (Å²) in [5.41, 5.74) is 0.612. The highest BCUT2D eigenvalue weighted by Crippen LogP contribution is 2.17. The van der Waals surface area contributed by atoms with Gasteiger partial charge in [0.05, 0.1) is 6.54 Å². The van der Waals surface area contributed by atoms with Crippen molar-refractivity contribution in [1.82, 2.24) is 10.2 Å². The second-order valence-corrected chi connectivity index (χ2v) is 5.67. The molecule has 7 nitrogen and oxygen atoms in total. The Bertz CT molecular complexity index is 589. The van der Waals surface area contributed by atoms with Crippen molar-refractivity contribution in [2.45, 2.75) is 33.1 Å². The van der Waals surface area contributed by atoms with Crippen LogP contribution in [-0.4, -0.2) is 49.4 Å². The molecule has 0 bridgehead atoms. The van der Waals surface area contributed by atoms with Crippen molar-refractivity contribution in [1.29, 1.82) is 0 Å². The van der Waals surface area contributed by atoms with Crippen LogP contribution in [0.5, 0.6) is 5.75 Å². The molecular formula is C18H27N3O4. The zero-order chi connectivity index (χ0) is 18.7. The summed E-state index contributed by atoms with van der Waals surface area (Å²) in [6, 6.07) is 6.83. The minimum atomic E-state index is -0.298. The minimum absolute atomic E-state index is 0.00148. The van der Waals surface area contributed by atoms with Gasteiger partial charge in [0.15, 0.2) is 6.61 Å². The van der Waals surface area contributed by atoms with Gasteiger partial charge in [0.25, 0.3) is 5.91 Å². The molecule has 0 atom stereocenters. The normalized spacial score (nSPS) is 10.0. The number of hydrogen-bond acceptors (Lipinski definition) is 4. The lowest BCUT2D eigenvalue weighted by atomic mass is 10.3. The van der Waals surface area contributed by atoms with Gasteiger partial charge in [-0.3, -0.25) is 14.4 Å². The topological polar surface area (TPSA) is 87.7 Å². The van der Waals surface area contributed by atoms with E-state index in [1.165, 1.54) is 4.90 Å². The summed E-state index contributed by atoms with van der Waals surface area (Å²) in [5.74, 6) is -0.104. The second kappa shape index (κ2) is 11.1. The molecule has 2 N–H and O–H groups in total. The number of nitrogens with zero attached hydrogens (tertiary/aromatic N) is 1. The van der Waals surface area contributed by atoms with E-state index in [1.54, 1.807) is 38.2 Å². The summed E-state index contributed by atoms with van der Waals surface area (Å²) in [5, 5.41) is 5.49. The Labute approximate surface area is 148 Å². The lowest BCUT2D eigenvalue weighted by molar-refractivity contribution is -0.136. The zero-order valence-electron chi connectivity index (χ0n) is 15.1. The Morgan fingerprint density at radius 1 is 1.16 bits per heavy atom. The average Bonchev–Trinajstić information content (AvgIpc) is 2.60. The molecule has 1 aromatic carbocycles. The van der Waals surface area contributed by atoms with Crippen LogP contribution in [0.1, 0.15) is 33.1 Å². The van der Waals surface area contributed by atoms with Crippen molar-refractivity contribution in [3.63, 3.8) is 0 Å². The average molecular weight is 349 g/mol. The van der Waals surface area contributed by atoms with Crippen molar-refractivity contribution in [3.05, 3.63) is 24.3 Å². The Hall–Kier alpha value is -2.57. The van der Waals surface area contributed by atoms with E-state index >= 15 is 0 Å². The van der Waals surface area contributed by atoms with Gasteiger partial charge in [-0.1, -0.05) is 26.3 Å². The number of rotatable bonds is 10. The molecule has 0 unspecified atom stereocenters. The number of hydrogen-bond donors (Lipinski definition) is 2. The third kappa shape index (κ3) is 8.19. The zero-order valence-corrected chi connectivity index (χ0v) is 15.1. The number of unbranched alkanes of at least 4 members (excludes halogenated alkanes) is 1. The molecule has 0 fully saturated rings. The summed E-state index contributed by atoms with van der Waals surface area (Å²) in [7, 11) is 1.56. The molecule has 1 aromatic rings. The van der Waals surface area contributed by atoms with Crippen molar-refractivity contribution in [2.24, 2.45) is 0 Å². The lowest BCUT2D eigenvalue weighted by Gasteiger charge is -2.17. The van der Waals surface area contributed by atoms with E-state index < -0.39 is 0 Å². The number of amides is 3. The van der Waals surface area contributed by atoms with E-state index in [2.05, 4.69) is 10.6 Å². The number of carbonyl (C=O) groups is 3. The second-order valence-electron chi connectivity index (χ2n) is 5.67. The molecule has 138 valence electrons. The first-order chi connectivity index (χ1) is 12.0. The van der Waals surface area contributed by atoms with Crippen LogP contribution in [0, 0.1) is 0 Å². The van der Waals surface area contributed by atoms with Gasteiger partial charge in [-0.2, -0.15) is 0 Å². The number of ether oxygens (including phenoxy) is 1. The van der Waals surface area contributed by atoms with E-state index in [1.807, 2.05) is 6.92 Å². The maximum atomic E-state index is 12.0. The van der Waals surface area contributed by atoms with Crippen LogP contribution in [0.2, 0.25) is 0 Å². The van der Waals surface area contributed by atoms with E-state index in [-0.39, 0.29) is 30.9 Å². The predicted octanol–water partition coefficient (Wildman–Crippen LogP) is 1.79. The third-order valence-corrected chi connectivity index (χ3v) is 3.46. The van der Waals surface area contributed by atoms with Crippen LogP contribution in [-0.2, 0) is 14.4 Å². The maximum absolute atomic E-state index is 12.0. The quantitative estimate of drug-likeness (QED) is 0.631. The Balaban J connectivity index is 2.43. The number of anilines is 1. The Morgan fingerprint density at radius 2 is 1.92 bits per heavy atom. The summed E-state index contributed by atoms with van der Waals surface area (Å²) >= 11 is 0. The Kier molecular flexibility index (Phi) is 9.06.